The zero-order valence-electron chi connectivity index (χ0n) is 15.3. The van der Waals surface area contributed by atoms with Gasteiger partial charge in [0.15, 0.2) is 0 Å². The summed E-state index contributed by atoms with van der Waals surface area (Å²) in [7, 11) is 0. The van der Waals surface area contributed by atoms with E-state index in [0.29, 0.717) is 24.0 Å². The standard InChI is InChI=1S/C19H26BrN3O3S/c20-16-9-8-15(27-16)19(26)21-11-17(24)23-10-4-5-13(12-23)18(25)22-14-6-2-1-3-7-14/h8-9,13-14H,1-7,10-12H2,(H,21,26)(H,22,25). The molecule has 1 saturated carbocycles. The Morgan fingerprint density at radius 3 is 2.59 bits per heavy atom. The SMILES string of the molecule is O=C(NCC(=O)N1CCCC(C(=O)NC2CCCCC2)C1)c1ccc(Br)s1. The van der Waals surface area contributed by atoms with E-state index in [9.17, 15) is 14.4 Å². The number of nitrogens with zero attached hydrogens (tertiary/aromatic N) is 1. The maximum Gasteiger partial charge on any atom is 0.261 e. The third-order valence-electron chi connectivity index (χ3n) is 5.29. The molecule has 0 aromatic carbocycles. The van der Waals surface area contributed by atoms with Gasteiger partial charge in [-0.1, -0.05) is 19.3 Å². The van der Waals surface area contributed by atoms with Gasteiger partial charge in [-0.25, -0.2) is 0 Å². The normalized spacial score (nSPS) is 20.9. The van der Waals surface area contributed by atoms with E-state index < -0.39 is 0 Å². The topological polar surface area (TPSA) is 78.5 Å². The van der Waals surface area contributed by atoms with Gasteiger partial charge in [0.05, 0.1) is 21.1 Å². The Morgan fingerprint density at radius 1 is 1.11 bits per heavy atom. The predicted octanol–water partition coefficient (Wildman–Crippen LogP) is 2.93. The lowest BCUT2D eigenvalue weighted by molar-refractivity contribution is -0.135. The number of halogens is 1. The Kier molecular flexibility index (Phi) is 7.29. The Morgan fingerprint density at radius 2 is 1.89 bits per heavy atom. The van der Waals surface area contributed by atoms with Crippen molar-refractivity contribution in [2.75, 3.05) is 19.6 Å². The van der Waals surface area contributed by atoms with Crippen LogP contribution in [0.5, 0.6) is 0 Å². The van der Waals surface area contributed by atoms with E-state index >= 15 is 0 Å². The Balaban J connectivity index is 1.45. The first kappa shape index (κ1) is 20.3. The van der Waals surface area contributed by atoms with E-state index in [2.05, 4.69) is 26.6 Å². The number of hydrogen-bond acceptors (Lipinski definition) is 4. The summed E-state index contributed by atoms with van der Waals surface area (Å²) in [4.78, 5) is 39.4. The highest BCUT2D eigenvalue weighted by Crippen LogP contribution is 2.22. The summed E-state index contributed by atoms with van der Waals surface area (Å²) in [6, 6.07) is 3.82. The number of carbonyl (C=O) groups excluding carboxylic acids is 3. The van der Waals surface area contributed by atoms with E-state index in [-0.39, 0.29) is 30.2 Å². The van der Waals surface area contributed by atoms with Gasteiger partial charge in [-0.2, -0.15) is 0 Å². The van der Waals surface area contributed by atoms with Crippen molar-refractivity contribution in [2.24, 2.45) is 5.92 Å². The van der Waals surface area contributed by atoms with Gasteiger partial charge in [-0.3, -0.25) is 14.4 Å². The number of thiophene rings is 1. The van der Waals surface area contributed by atoms with Crippen LogP contribution in [-0.4, -0.2) is 48.3 Å². The lowest BCUT2D eigenvalue weighted by Gasteiger charge is -2.33. The molecule has 6 nitrogen and oxygen atoms in total. The minimum absolute atomic E-state index is 0.0364. The monoisotopic (exact) mass is 455 g/mol. The lowest BCUT2D eigenvalue weighted by Crippen LogP contribution is -2.49. The van der Waals surface area contributed by atoms with Gasteiger partial charge in [0, 0.05) is 19.1 Å². The van der Waals surface area contributed by atoms with Crippen LogP contribution in [0.4, 0.5) is 0 Å². The Hall–Kier alpha value is -1.41. The molecule has 1 aromatic heterocycles. The number of hydrogen-bond donors (Lipinski definition) is 2. The molecule has 2 aliphatic rings. The zero-order valence-corrected chi connectivity index (χ0v) is 17.7. The van der Waals surface area contributed by atoms with Crippen molar-refractivity contribution in [2.45, 2.75) is 51.0 Å². The fraction of sp³-hybridized carbons (Fsp3) is 0.632. The average molecular weight is 456 g/mol. The molecule has 3 rings (SSSR count). The van der Waals surface area contributed by atoms with Gasteiger partial charge in [0.1, 0.15) is 0 Å². The summed E-state index contributed by atoms with van der Waals surface area (Å²) in [6.45, 7) is 1.05. The summed E-state index contributed by atoms with van der Waals surface area (Å²) < 4.78 is 0.877. The number of likely N-dealkylation sites (tertiary alicyclic amines) is 1. The first-order valence-electron chi connectivity index (χ1n) is 9.64. The van der Waals surface area contributed by atoms with E-state index in [1.54, 1.807) is 11.0 Å². The van der Waals surface area contributed by atoms with Gasteiger partial charge in [0.25, 0.3) is 5.91 Å². The van der Waals surface area contributed by atoms with Crippen LogP contribution in [0.25, 0.3) is 0 Å². The highest BCUT2D eigenvalue weighted by atomic mass is 79.9. The molecule has 1 aliphatic heterocycles. The number of amides is 3. The maximum atomic E-state index is 12.6. The molecule has 1 unspecified atom stereocenters. The van der Waals surface area contributed by atoms with Crippen LogP contribution in [0.15, 0.2) is 15.9 Å². The molecule has 1 saturated heterocycles. The molecular weight excluding hydrogens is 430 g/mol. The van der Waals surface area contributed by atoms with Crippen LogP contribution < -0.4 is 10.6 Å². The predicted molar refractivity (Wildman–Crippen MR) is 109 cm³/mol. The van der Waals surface area contributed by atoms with Gasteiger partial charge in [-0.05, 0) is 53.7 Å². The maximum absolute atomic E-state index is 12.6. The number of nitrogens with one attached hydrogen (secondary N) is 2. The van der Waals surface area contributed by atoms with Crippen LogP contribution in [-0.2, 0) is 9.59 Å². The molecule has 2 heterocycles. The minimum atomic E-state index is -0.248. The quantitative estimate of drug-likeness (QED) is 0.715. The van der Waals surface area contributed by atoms with E-state index in [0.717, 1.165) is 29.5 Å². The van der Waals surface area contributed by atoms with Gasteiger partial charge < -0.3 is 15.5 Å². The Labute approximate surface area is 172 Å². The smallest absolute Gasteiger partial charge is 0.261 e. The third-order valence-corrected chi connectivity index (χ3v) is 6.92. The fourth-order valence-corrected chi connectivity index (χ4v) is 5.08. The van der Waals surface area contributed by atoms with Crippen LogP contribution in [0.3, 0.4) is 0 Å². The summed E-state index contributed by atoms with van der Waals surface area (Å²) in [5.74, 6) is -0.447. The number of piperidine rings is 1. The second kappa shape index (κ2) is 9.68. The fourth-order valence-electron chi connectivity index (χ4n) is 3.77. The molecule has 1 atom stereocenters. The summed E-state index contributed by atoms with van der Waals surface area (Å²) in [5.41, 5.74) is 0. The average Bonchev–Trinajstić information content (AvgIpc) is 3.13. The molecule has 2 N–H and O–H groups in total. The highest BCUT2D eigenvalue weighted by molar-refractivity contribution is 9.11. The van der Waals surface area contributed by atoms with Gasteiger partial charge >= 0.3 is 0 Å². The Bertz CT molecular complexity index is 687. The third kappa shape index (κ3) is 5.78. The van der Waals surface area contributed by atoms with Crippen molar-refractivity contribution >= 4 is 45.0 Å². The summed E-state index contributed by atoms with van der Waals surface area (Å²) in [6.07, 6.45) is 7.38. The summed E-state index contributed by atoms with van der Waals surface area (Å²) in [5, 5.41) is 5.85. The van der Waals surface area contributed by atoms with Crippen LogP contribution in [0, 0.1) is 5.92 Å². The molecule has 0 spiro atoms. The van der Waals surface area contributed by atoms with Crippen molar-refractivity contribution in [3.63, 3.8) is 0 Å². The molecule has 2 fully saturated rings. The number of carbonyl (C=O) groups is 3. The van der Waals surface area contributed by atoms with E-state index in [1.807, 2.05) is 6.07 Å². The van der Waals surface area contributed by atoms with Crippen molar-refractivity contribution in [1.82, 2.24) is 15.5 Å². The van der Waals surface area contributed by atoms with Crippen molar-refractivity contribution in [1.29, 1.82) is 0 Å². The molecule has 148 valence electrons. The first-order valence-corrected chi connectivity index (χ1v) is 11.3. The largest absolute Gasteiger partial charge is 0.353 e. The minimum Gasteiger partial charge on any atom is -0.353 e. The lowest BCUT2D eigenvalue weighted by atomic mass is 9.93. The summed E-state index contributed by atoms with van der Waals surface area (Å²) >= 11 is 4.65. The van der Waals surface area contributed by atoms with Crippen LogP contribution in [0.2, 0.25) is 0 Å². The van der Waals surface area contributed by atoms with E-state index in [1.165, 1.54) is 30.6 Å². The van der Waals surface area contributed by atoms with Crippen LogP contribution >= 0.6 is 27.3 Å². The molecule has 0 bridgehead atoms. The molecular formula is C19H26BrN3O3S. The zero-order chi connectivity index (χ0) is 19.2. The highest BCUT2D eigenvalue weighted by Gasteiger charge is 2.29. The van der Waals surface area contributed by atoms with E-state index in [4.69, 9.17) is 0 Å². The van der Waals surface area contributed by atoms with Gasteiger partial charge in [0.2, 0.25) is 11.8 Å². The molecule has 0 radical (unpaired) electrons. The molecule has 8 heteroatoms. The van der Waals surface area contributed by atoms with Crippen molar-refractivity contribution in [3.05, 3.63) is 20.8 Å². The van der Waals surface area contributed by atoms with Crippen molar-refractivity contribution in [3.8, 4) is 0 Å². The van der Waals surface area contributed by atoms with Crippen LogP contribution in [0.1, 0.15) is 54.6 Å². The molecule has 3 amide bonds. The first-order chi connectivity index (χ1) is 13.0. The molecule has 1 aromatic rings. The van der Waals surface area contributed by atoms with Gasteiger partial charge in [-0.15, -0.1) is 11.3 Å². The number of rotatable bonds is 5. The second-order valence-corrected chi connectivity index (χ2v) is 9.77. The molecule has 1 aliphatic carbocycles. The van der Waals surface area contributed by atoms with Crippen molar-refractivity contribution < 1.29 is 14.4 Å². The molecule has 27 heavy (non-hydrogen) atoms. The second-order valence-electron chi connectivity index (χ2n) is 7.31.